The molecular formula is C12H22INO2. The fourth-order valence-corrected chi connectivity index (χ4v) is 2.46. The van der Waals surface area contributed by atoms with E-state index in [2.05, 4.69) is 34.8 Å². The molecule has 2 atom stereocenters. The Bertz CT molecular complexity index is 211. The number of amides is 1. The minimum absolute atomic E-state index is 0.0823. The second-order valence-corrected chi connectivity index (χ2v) is 5.53. The summed E-state index contributed by atoms with van der Waals surface area (Å²) in [5.41, 5.74) is 0. The van der Waals surface area contributed by atoms with Crippen LogP contribution in [0.5, 0.6) is 0 Å². The quantitative estimate of drug-likeness (QED) is 0.440. The van der Waals surface area contributed by atoms with E-state index in [1.807, 2.05) is 0 Å². The van der Waals surface area contributed by atoms with Crippen LogP contribution in [0.4, 0.5) is 0 Å². The molecule has 0 radical (unpaired) electrons. The molecule has 1 saturated heterocycles. The van der Waals surface area contributed by atoms with Crippen LogP contribution >= 0.6 is 22.6 Å². The summed E-state index contributed by atoms with van der Waals surface area (Å²) in [7, 11) is 0. The Balaban J connectivity index is 2.02. The molecule has 4 heteroatoms. The van der Waals surface area contributed by atoms with E-state index in [4.69, 9.17) is 4.74 Å². The summed E-state index contributed by atoms with van der Waals surface area (Å²) in [5.74, 6) is 0.456. The van der Waals surface area contributed by atoms with Gasteiger partial charge < -0.3 is 10.1 Å². The molecule has 1 amide bonds. The monoisotopic (exact) mass is 339 g/mol. The van der Waals surface area contributed by atoms with E-state index in [9.17, 15) is 4.79 Å². The molecule has 1 heterocycles. The molecule has 0 bridgehead atoms. The molecule has 3 nitrogen and oxygen atoms in total. The molecule has 0 aromatic heterocycles. The standard InChI is InChI=1S/C12H22INO2/c1-10-6-9-16-11(10)12(15)14-8-5-3-2-4-7-13/h10-11H,2-9H2,1H3,(H,14,15). The highest BCUT2D eigenvalue weighted by Gasteiger charge is 2.30. The van der Waals surface area contributed by atoms with Gasteiger partial charge in [-0.3, -0.25) is 4.79 Å². The van der Waals surface area contributed by atoms with Crippen LogP contribution in [0.3, 0.4) is 0 Å². The lowest BCUT2D eigenvalue weighted by molar-refractivity contribution is -0.131. The van der Waals surface area contributed by atoms with E-state index in [0.29, 0.717) is 5.92 Å². The SMILES string of the molecule is CC1CCOC1C(=O)NCCCCCCI. The van der Waals surface area contributed by atoms with Crippen molar-refractivity contribution in [3.8, 4) is 0 Å². The van der Waals surface area contributed by atoms with Crippen molar-refractivity contribution in [3.05, 3.63) is 0 Å². The number of alkyl halides is 1. The lowest BCUT2D eigenvalue weighted by Gasteiger charge is -2.14. The van der Waals surface area contributed by atoms with Gasteiger partial charge in [0.25, 0.3) is 0 Å². The zero-order chi connectivity index (χ0) is 11.8. The molecule has 1 rings (SSSR count). The first-order valence-corrected chi connectivity index (χ1v) is 7.73. The van der Waals surface area contributed by atoms with Gasteiger partial charge in [-0.1, -0.05) is 42.4 Å². The van der Waals surface area contributed by atoms with Gasteiger partial charge in [-0.15, -0.1) is 0 Å². The van der Waals surface area contributed by atoms with Crippen LogP contribution in [-0.4, -0.2) is 29.6 Å². The molecule has 94 valence electrons. The Morgan fingerprint density at radius 2 is 2.12 bits per heavy atom. The molecule has 0 spiro atoms. The number of hydrogen-bond donors (Lipinski definition) is 1. The van der Waals surface area contributed by atoms with Crippen LogP contribution < -0.4 is 5.32 Å². The Morgan fingerprint density at radius 1 is 1.38 bits per heavy atom. The highest BCUT2D eigenvalue weighted by Crippen LogP contribution is 2.19. The smallest absolute Gasteiger partial charge is 0.249 e. The third kappa shape index (κ3) is 4.99. The molecule has 1 N–H and O–H groups in total. The number of hydrogen-bond acceptors (Lipinski definition) is 2. The van der Waals surface area contributed by atoms with Crippen molar-refractivity contribution < 1.29 is 9.53 Å². The third-order valence-electron chi connectivity index (χ3n) is 3.01. The predicted octanol–water partition coefficient (Wildman–Crippen LogP) is 2.52. The van der Waals surface area contributed by atoms with Crippen molar-refractivity contribution in [2.45, 2.75) is 45.1 Å². The van der Waals surface area contributed by atoms with Gasteiger partial charge in [-0.05, 0) is 29.6 Å². The minimum atomic E-state index is -0.200. The molecule has 0 aromatic rings. The van der Waals surface area contributed by atoms with E-state index in [-0.39, 0.29) is 12.0 Å². The van der Waals surface area contributed by atoms with Gasteiger partial charge in [0.2, 0.25) is 5.91 Å². The molecule has 1 aliphatic heterocycles. The number of carbonyl (C=O) groups excluding carboxylic acids is 1. The summed E-state index contributed by atoms with van der Waals surface area (Å²) in [4.78, 5) is 11.7. The third-order valence-corrected chi connectivity index (χ3v) is 3.77. The maximum atomic E-state index is 11.7. The second-order valence-electron chi connectivity index (χ2n) is 4.45. The highest BCUT2D eigenvalue weighted by molar-refractivity contribution is 14.1. The molecule has 2 unspecified atom stereocenters. The van der Waals surface area contributed by atoms with E-state index >= 15 is 0 Å². The van der Waals surface area contributed by atoms with Crippen LogP contribution in [0, 0.1) is 5.92 Å². The summed E-state index contributed by atoms with van der Waals surface area (Å²) in [6, 6.07) is 0. The van der Waals surface area contributed by atoms with Crippen LogP contribution in [0.1, 0.15) is 39.0 Å². The van der Waals surface area contributed by atoms with Gasteiger partial charge >= 0.3 is 0 Å². The zero-order valence-corrected chi connectivity index (χ0v) is 12.2. The predicted molar refractivity (Wildman–Crippen MR) is 73.9 cm³/mol. The first kappa shape index (κ1) is 14.2. The van der Waals surface area contributed by atoms with Gasteiger partial charge in [0.15, 0.2) is 0 Å². The molecule has 16 heavy (non-hydrogen) atoms. The Hall–Kier alpha value is 0.160. The van der Waals surface area contributed by atoms with Crippen molar-refractivity contribution in [2.75, 3.05) is 17.6 Å². The van der Waals surface area contributed by atoms with Crippen molar-refractivity contribution in [1.29, 1.82) is 0 Å². The zero-order valence-electron chi connectivity index (χ0n) is 10.0. The lowest BCUT2D eigenvalue weighted by Crippen LogP contribution is -2.37. The van der Waals surface area contributed by atoms with Gasteiger partial charge in [-0.25, -0.2) is 0 Å². The van der Waals surface area contributed by atoms with Crippen LogP contribution in [-0.2, 0) is 9.53 Å². The summed E-state index contributed by atoms with van der Waals surface area (Å²) >= 11 is 2.40. The number of rotatable bonds is 7. The number of carbonyl (C=O) groups is 1. The van der Waals surface area contributed by atoms with E-state index in [1.54, 1.807) is 0 Å². The highest BCUT2D eigenvalue weighted by atomic mass is 127. The largest absolute Gasteiger partial charge is 0.368 e. The molecule has 1 aliphatic rings. The minimum Gasteiger partial charge on any atom is -0.368 e. The fraction of sp³-hybridized carbons (Fsp3) is 0.917. The maximum absolute atomic E-state index is 11.7. The summed E-state index contributed by atoms with van der Waals surface area (Å²) < 4.78 is 6.64. The first-order chi connectivity index (χ1) is 7.75. The Kier molecular flexibility index (Phi) is 7.36. The fourth-order valence-electron chi connectivity index (χ4n) is 1.92. The van der Waals surface area contributed by atoms with Crippen LogP contribution in [0.15, 0.2) is 0 Å². The van der Waals surface area contributed by atoms with Gasteiger partial charge in [-0.2, -0.15) is 0 Å². The van der Waals surface area contributed by atoms with E-state index < -0.39 is 0 Å². The topological polar surface area (TPSA) is 38.3 Å². The number of unbranched alkanes of at least 4 members (excludes halogenated alkanes) is 3. The molecular weight excluding hydrogens is 317 g/mol. The van der Waals surface area contributed by atoms with Crippen molar-refractivity contribution in [2.24, 2.45) is 5.92 Å². The number of halogens is 1. The summed E-state index contributed by atoms with van der Waals surface area (Å²) in [6.45, 7) is 3.61. The van der Waals surface area contributed by atoms with E-state index in [0.717, 1.165) is 26.0 Å². The normalized spacial score (nSPS) is 24.6. The second kappa shape index (κ2) is 8.28. The van der Waals surface area contributed by atoms with Gasteiger partial charge in [0.1, 0.15) is 6.10 Å². The van der Waals surface area contributed by atoms with Gasteiger partial charge in [0, 0.05) is 13.2 Å². The molecule has 0 aliphatic carbocycles. The maximum Gasteiger partial charge on any atom is 0.249 e. The number of nitrogens with one attached hydrogen (secondary N) is 1. The summed E-state index contributed by atoms with van der Waals surface area (Å²) in [5, 5.41) is 2.97. The van der Waals surface area contributed by atoms with Crippen LogP contribution in [0.25, 0.3) is 0 Å². The number of ether oxygens (including phenoxy) is 1. The summed E-state index contributed by atoms with van der Waals surface area (Å²) in [6.07, 6.45) is 5.67. The average molecular weight is 339 g/mol. The molecule has 0 aromatic carbocycles. The molecule has 0 saturated carbocycles. The average Bonchev–Trinajstić information content (AvgIpc) is 2.69. The first-order valence-electron chi connectivity index (χ1n) is 6.21. The van der Waals surface area contributed by atoms with Crippen molar-refractivity contribution in [3.63, 3.8) is 0 Å². The molecule has 1 fully saturated rings. The van der Waals surface area contributed by atoms with E-state index in [1.165, 1.54) is 23.7 Å². The van der Waals surface area contributed by atoms with Gasteiger partial charge in [0.05, 0.1) is 0 Å². The lowest BCUT2D eigenvalue weighted by atomic mass is 10.0. The Morgan fingerprint density at radius 3 is 2.75 bits per heavy atom. The van der Waals surface area contributed by atoms with Crippen LogP contribution in [0.2, 0.25) is 0 Å². The van der Waals surface area contributed by atoms with Crippen molar-refractivity contribution in [1.82, 2.24) is 5.32 Å². The van der Waals surface area contributed by atoms with Crippen molar-refractivity contribution >= 4 is 28.5 Å². The Labute approximate surface area is 112 Å².